The number of benzene rings is 1. The van der Waals surface area contributed by atoms with Crippen molar-refractivity contribution >= 4 is 29.9 Å². The van der Waals surface area contributed by atoms with Gasteiger partial charge in [0.25, 0.3) is 0 Å². The average molecular weight is 527 g/mol. The lowest BCUT2D eigenvalue weighted by Gasteiger charge is -2.19. The zero-order valence-corrected chi connectivity index (χ0v) is 20.7. The quantitative estimate of drug-likeness (QED) is 0.266. The van der Waals surface area contributed by atoms with E-state index in [1.165, 1.54) is 0 Å². The Balaban J connectivity index is 0.00000450. The SMILES string of the molecule is CCN(CC)CCOc1ccc(CNC(=NC)NCc2ccccn2)cc1OC.I. The fourth-order valence-electron chi connectivity index (χ4n) is 2.85. The fraction of sp³-hybridized carbons (Fsp3) is 0.455. The molecule has 0 aliphatic carbocycles. The zero-order chi connectivity index (χ0) is 20.9. The summed E-state index contributed by atoms with van der Waals surface area (Å²) >= 11 is 0. The number of halogens is 1. The number of guanidine groups is 1. The topological polar surface area (TPSA) is 71.0 Å². The van der Waals surface area contributed by atoms with Gasteiger partial charge in [0.15, 0.2) is 17.5 Å². The lowest BCUT2D eigenvalue weighted by molar-refractivity contribution is 0.217. The van der Waals surface area contributed by atoms with Gasteiger partial charge in [0.2, 0.25) is 0 Å². The number of aromatic nitrogens is 1. The highest BCUT2D eigenvalue weighted by molar-refractivity contribution is 14.0. The molecule has 1 heterocycles. The molecule has 2 N–H and O–H groups in total. The molecule has 0 spiro atoms. The van der Waals surface area contributed by atoms with E-state index in [4.69, 9.17) is 9.47 Å². The van der Waals surface area contributed by atoms with Crippen molar-refractivity contribution in [2.24, 2.45) is 4.99 Å². The standard InChI is InChI=1S/C22H33N5O2.HI/c1-5-27(6-2)13-14-29-20-11-10-18(15-21(20)28-4)16-25-22(23-3)26-17-19-9-7-8-12-24-19;/h7-12,15H,5-6,13-14,16-17H2,1-4H3,(H2,23,25,26);1H. The van der Waals surface area contributed by atoms with Crippen molar-refractivity contribution in [1.82, 2.24) is 20.5 Å². The molecule has 166 valence electrons. The highest BCUT2D eigenvalue weighted by atomic mass is 127. The summed E-state index contributed by atoms with van der Waals surface area (Å²) in [4.78, 5) is 10.9. The first kappa shape index (κ1) is 26.0. The van der Waals surface area contributed by atoms with Crippen molar-refractivity contribution in [3.63, 3.8) is 0 Å². The highest BCUT2D eigenvalue weighted by Crippen LogP contribution is 2.28. The van der Waals surface area contributed by atoms with Crippen molar-refractivity contribution < 1.29 is 9.47 Å². The van der Waals surface area contributed by atoms with Crippen molar-refractivity contribution in [3.05, 3.63) is 53.9 Å². The van der Waals surface area contributed by atoms with E-state index in [0.717, 1.165) is 42.4 Å². The normalized spacial score (nSPS) is 11.0. The molecular weight excluding hydrogens is 493 g/mol. The molecule has 30 heavy (non-hydrogen) atoms. The molecule has 0 atom stereocenters. The molecule has 7 nitrogen and oxygen atoms in total. The minimum Gasteiger partial charge on any atom is -0.493 e. The fourth-order valence-corrected chi connectivity index (χ4v) is 2.85. The van der Waals surface area contributed by atoms with Crippen LogP contribution in [0.25, 0.3) is 0 Å². The van der Waals surface area contributed by atoms with Gasteiger partial charge in [-0.2, -0.15) is 0 Å². The Morgan fingerprint density at radius 1 is 1.07 bits per heavy atom. The number of hydrogen-bond acceptors (Lipinski definition) is 5. The van der Waals surface area contributed by atoms with E-state index in [2.05, 4.69) is 39.4 Å². The number of aliphatic imine (C=N–C) groups is 1. The first-order valence-electron chi connectivity index (χ1n) is 10.1. The molecule has 8 heteroatoms. The van der Waals surface area contributed by atoms with Gasteiger partial charge < -0.3 is 25.0 Å². The van der Waals surface area contributed by atoms with Gasteiger partial charge in [-0.25, -0.2) is 0 Å². The molecule has 0 fully saturated rings. The summed E-state index contributed by atoms with van der Waals surface area (Å²) in [6.45, 7) is 9.14. The van der Waals surface area contributed by atoms with Crippen LogP contribution in [-0.4, -0.2) is 56.2 Å². The molecule has 0 aliphatic rings. The largest absolute Gasteiger partial charge is 0.493 e. The van der Waals surface area contributed by atoms with Crippen molar-refractivity contribution in [2.75, 3.05) is 40.4 Å². The number of ether oxygens (including phenoxy) is 2. The molecular formula is C22H34IN5O2. The number of rotatable bonds is 11. The minimum atomic E-state index is 0. The summed E-state index contributed by atoms with van der Waals surface area (Å²) in [7, 11) is 3.41. The zero-order valence-electron chi connectivity index (χ0n) is 18.4. The van der Waals surface area contributed by atoms with Crippen molar-refractivity contribution in [3.8, 4) is 11.5 Å². The number of likely N-dealkylation sites (N-methyl/N-ethyl adjacent to an activating group) is 1. The second-order valence-electron chi connectivity index (χ2n) is 6.46. The number of nitrogens with one attached hydrogen (secondary N) is 2. The lowest BCUT2D eigenvalue weighted by Crippen LogP contribution is -2.36. The maximum atomic E-state index is 5.92. The van der Waals surface area contributed by atoms with Crippen molar-refractivity contribution in [2.45, 2.75) is 26.9 Å². The van der Waals surface area contributed by atoms with Gasteiger partial charge in [0.05, 0.1) is 19.3 Å². The third-order valence-corrected chi connectivity index (χ3v) is 4.63. The number of nitrogens with zero attached hydrogens (tertiary/aromatic N) is 3. The van der Waals surface area contributed by atoms with Gasteiger partial charge in [0.1, 0.15) is 6.61 Å². The summed E-state index contributed by atoms with van der Waals surface area (Å²) in [5.74, 6) is 2.22. The second kappa shape index (κ2) is 14.8. The third-order valence-electron chi connectivity index (χ3n) is 4.63. The molecule has 1 aromatic carbocycles. The van der Waals surface area contributed by atoms with Gasteiger partial charge in [-0.15, -0.1) is 24.0 Å². The third kappa shape index (κ3) is 8.74. The minimum absolute atomic E-state index is 0. The lowest BCUT2D eigenvalue weighted by atomic mass is 10.2. The van der Waals surface area contributed by atoms with Crippen LogP contribution < -0.4 is 20.1 Å². The van der Waals surface area contributed by atoms with E-state index in [1.54, 1.807) is 20.4 Å². The maximum Gasteiger partial charge on any atom is 0.191 e. The average Bonchev–Trinajstić information content (AvgIpc) is 2.78. The van der Waals surface area contributed by atoms with E-state index in [9.17, 15) is 0 Å². The van der Waals surface area contributed by atoms with Crippen LogP contribution >= 0.6 is 24.0 Å². The molecule has 0 radical (unpaired) electrons. The molecule has 0 unspecified atom stereocenters. The Kier molecular flexibility index (Phi) is 12.8. The first-order valence-corrected chi connectivity index (χ1v) is 10.1. The Hall–Kier alpha value is -2.07. The van der Waals surface area contributed by atoms with Crippen LogP contribution in [0.3, 0.4) is 0 Å². The number of hydrogen-bond donors (Lipinski definition) is 2. The maximum absolute atomic E-state index is 5.92. The van der Waals surface area contributed by atoms with Crippen LogP contribution in [0.15, 0.2) is 47.6 Å². The van der Waals surface area contributed by atoms with Gasteiger partial charge >= 0.3 is 0 Å². The van der Waals surface area contributed by atoms with E-state index >= 15 is 0 Å². The monoisotopic (exact) mass is 527 g/mol. The predicted molar refractivity (Wildman–Crippen MR) is 133 cm³/mol. The summed E-state index contributed by atoms with van der Waals surface area (Å²) in [6.07, 6.45) is 1.78. The molecule has 2 aromatic rings. The Bertz CT molecular complexity index is 754. The van der Waals surface area contributed by atoms with Crippen molar-refractivity contribution in [1.29, 1.82) is 0 Å². The van der Waals surface area contributed by atoms with Gasteiger partial charge in [-0.1, -0.05) is 26.0 Å². The Morgan fingerprint density at radius 2 is 1.83 bits per heavy atom. The van der Waals surface area contributed by atoms with Gasteiger partial charge in [-0.05, 0) is 42.9 Å². The molecule has 1 aromatic heterocycles. The van der Waals surface area contributed by atoms with Crippen LogP contribution in [0.5, 0.6) is 11.5 Å². The van der Waals surface area contributed by atoms with Crippen LogP contribution in [0.1, 0.15) is 25.1 Å². The van der Waals surface area contributed by atoms with E-state index in [-0.39, 0.29) is 24.0 Å². The summed E-state index contributed by atoms with van der Waals surface area (Å²) < 4.78 is 11.4. The molecule has 2 rings (SSSR count). The van der Waals surface area contributed by atoms with Crippen LogP contribution in [-0.2, 0) is 13.1 Å². The van der Waals surface area contributed by atoms with E-state index < -0.39 is 0 Å². The highest BCUT2D eigenvalue weighted by Gasteiger charge is 2.08. The summed E-state index contributed by atoms with van der Waals surface area (Å²) in [5.41, 5.74) is 2.04. The van der Waals surface area contributed by atoms with Crippen LogP contribution in [0.2, 0.25) is 0 Å². The predicted octanol–water partition coefficient (Wildman–Crippen LogP) is 3.29. The summed E-state index contributed by atoms with van der Waals surface area (Å²) in [5, 5.41) is 6.57. The Morgan fingerprint density at radius 3 is 2.47 bits per heavy atom. The van der Waals surface area contributed by atoms with Gasteiger partial charge in [0, 0.05) is 26.3 Å². The smallest absolute Gasteiger partial charge is 0.191 e. The van der Waals surface area contributed by atoms with Crippen LogP contribution in [0, 0.1) is 0 Å². The molecule has 0 saturated heterocycles. The molecule has 0 aliphatic heterocycles. The van der Waals surface area contributed by atoms with Gasteiger partial charge in [-0.3, -0.25) is 9.98 Å². The molecule has 0 bridgehead atoms. The molecule has 0 amide bonds. The van der Waals surface area contributed by atoms with E-state index in [1.807, 2.05) is 36.4 Å². The first-order chi connectivity index (χ1) is 14.2. The van der Waals surface area contributed by atoms with Crippen LogP contribution in [0.4, 0.5) is 0 Å². The number of pyridine rings is 1. The number of methoxy groups -OCH3 is 1. The summed E-state index contributed by atoms with van der Waals surface area (Å²) in [6, 6.07) is 11.8. The Labute approximate surface area is 197 Å². The molecule has 0 saturated carbocycles. The van der Waals surface area contributed by atoms with E-state index in [0.29, 0.717) is 25.7 Å². The second-order valence-corrected chi connectivity index (χ2v) is 6.46.